The number of amides is 2. The predicted octanol–water partition coefficient (Wildman–Crippen LogP) is 1.24. The third-order valence-electron chi connectivity index (χ3n) is 2.86. The van der Waals surface area contributed by atoms with Crippen LogP contribution in [-0.2, 0) is 9.59 Å². The quantitative estimate of drug-likeness (QED) is 0.876. The molecule has 1 aromatic carbocycles. The summed E-state index contributed by atoms with van der Waals surface area (Å²) >= 11 is 1.41. The van der Waals surface area contributed by atoms with Crippen LogP contribution in [0.25, 0.3) is 0 Å². The lowest BCUT2D eigenvalue weighted by molar-refractivity contribution is -0.140. The third-order valence-corrected chi connectivity index (χ3v) is 3.87. The lowest BCUT2D eigenvalue weighted by Gasteiger charge is -2.20. The molecule has 6 nitrogen and oxygen atoms in total. The van der Waals surface area contributed by atoms with E-state index in [1.807, 2.05) is 0 Å². The van der Waals surface area contributed by atoms with Crippen LogP contribution in [0.1, 0.15) is 17.3 Å². The van der Waals surface area contributed by atoms with Crippen LogP contribution < -0.4 is 5.32 Å². The number of nitrogens with zero attached hydrogens (tertiary/aromatic N) is 1. The van der Waals surface area contributed by atoms with Gasteiger partial charge in [-0.1, -0.05) is 6.07 Å². The first-order valence-corrected chi connectivity index (χ1v) is 7.13. The molecule has 0 bridgehead atoms. The van der Waals surface area contributed by atoms with E-state index in [4.69, 9.17) is 5.11 Å². The molecule has 20 heavy (non-hydrogen) atoms. The molecule has 0 aromatic heterocycles. The average Bonchev–Trinajstić information content (AvgIpc) is 2.86. The zero-order valence-electron chi connectivity index (χ0n) is 10.8. The van der Waals surface area contributed by atoms with Crippen molar-refractivity contribution in [3.8, 4) is 0 Å². The molecule has 1 aliphatic heterocycles. The van der Waals surface area contributed by atoms with E-state index >= 15 is 0 Å². The van der Waals surface area contributed by atoms with E-state index in [0.29, 0.717) is 22.9 Å². The Morgan fingerprint density at radius 2 is 2.15 bits per heavy atom. The number of carboxylic acids is 1. The van der Waals surface area contributed by atoms with Crippen molar-refractivity contribution in [1.29, 1.82) is 0 Å². The van der Waals surface area contributed by atoms with Gasteiger partial charge in [0, 0.05) is 23.9 Å². The molecule has 1 unspecified atom stereocenters. The van der Waals surface area contributed by atoms with Gasteiger partial charge in [0.05, 0.1) is 5.88 Å². The van der Waals surface area contributed by atoms with E-state index in [2.05, 4.69) is 5.32 Å². The van der Waals surface area contributed by atoms with E-state index in [0.717, 1.165) is 0 Å². The largest absolute Gasteiger partial charge is 0.480 e. The van der Waals surface area contributed by atoms with Gasteiger partial charge in [-0.15, -0.1) is 11.8 Å². The van der Waals surface area contributed by atoms with Gasteiger partial charge in [0.15, 0.2) is 0 Å². The minimum Gasteiger partial charge on any atom is -0.480 e. The Kier molecular flexibility index (Phi) is 4.29. The first-order valence-electron chi connectivity index (χ1n) is 5.98. The van der Waals surface area contributed by atoms with E-state index in [-0.39, 0.29) is 11.8 Å². The van der Waals surface area contributed by atoms with Crippen molar-refractivity contribution < 1.29 is 19.5 Å². The Hall–Kier alpha value is -2.02. The minimum atomic E-state index is -0.999. The zero-order chi connectivity index (χ0) is 14.7. The number of benzene rings is 1. The highest BCUT2D eigenvalue weighted by molar-refractivity contribution is 7.99. The Bertz CT molecular complexity index is 561. The highest BCUT2D eigenvalue weighted by atomic mass is 32.2. The number of thioether (sulfide) groups is 1. The molecule has 2 rings (SSSR count). The number of aliphatic carboxylic acids is 1. The molecule has 0 spiro atoms. The van der Waals surface area contributed by atoms with Crippen molar-refractivity contribution in [2.24, 2.45) is 0 Å². The predicted molar refractivity (Wildman–Crippen MR) is 75.7 cm³/mol. The average molecular weight is 294 g/mol. The number of carbonyl (C=O) groups is 3. The molecule has 0 radical (unpaired) electrons. The Morgan fingerprint density at radius 1 is 1.40 bits per heavy atom. The maximum atomic E-state index is 12.3. The fourth-order valence-electron chi connectivity index (χ4n) is 1.95. The Balaban J connectivity index is 2.20. The number of hydrogen-bond donors (Lipinski definition) is 2. The summed E-state index contributed by atoms with van der Waals surface area (Å²) in [5.41, 5.74) is 0.882. The first-order chi connectivity index (χ1) is 9.49. The molecule has 2 N–H and O–H groups in total. The second kappa shape index (κ2) is 5.96. The van der Waals surface area contributed by atoms with Crippen molar-refractivity contribution in [3.05, 3.63) is 29.8 Å². The van der Waals surface area contributed by atoms with Crippen molar-refractivity contribution >= 4 is 35.2 Å². The number of anilines is 1. The summed E-state index contributed by atoms with van der Waals surface area (Å²) in [7, 11) is 0. The summed E-state index contributed by atoms with van der Waals surface area (Å²) in [6.45, 7) is 1.38. The van der Waals surface area contributed by atoms with Crippen molar-refractivity contribution in [1.82, 2.24) is 4.90 Å². The molecular weight excluding hydrogens is 280 g/mol. The second-order valence-corrected chi connectivity index (χ2v) is 5.39. The molecular formula is C13H14N2O4S. The lowest BCUT2D eigenvalue weighted by Crippen LogP contribution is -2.41. The zero-order valence-corrected chi connectivity index (χ0v) is 11.6. The molecule has 1 aromatic rings. The van der Waals surface area contributed by atoms with Crippen molar-refractivity contribution in [2.45, 2.75) is 13.0 Å². The molecule has 1 atom stereocenters. The Morgan fingerprint density at radius 3 is 2.80 bits per heavy atom. The van der Waals surface area contributed by atoms with Gasteiger partial charge in [-0.25, -0.2) is 4.79 Å². The van der Waals surface area contributed by atoms with E-state index < -0.39 is 12.0 Å². The Labute approximate surface area is 120 Å². The number of nitrogens with one attached hydrogen (secondary N) is 1. The minimum absolute atomic E-state index is 0.227. The lowest BCUT2D eigenvalue weighted by atomic mass is 10.1. The number of hydrogen-bond acceptors (Lipinski definition) is 4. The fraction of sp³-hybridized carbons (Fsp3) is 0.308. The summed E-state index contributed by atoms with van der Waals surface area (Å²) < 4.78 is 0. The molecule has 0 aliphatic carbocycles. The summed E-state index contributed by atoms with van der Waals surface area (Å²) in [6.07, 6.45) is 0. The number of carboxylic acid groups (broad SMARTS) is 1. The topological polar surface area (TPSA) is 86.7 Å². The van der Waals surface area contributed by atoms with Crippen LogP contribution in [0.5, 0.6) is 0 Å². The van der Waals surface area contributed by atoms with Gasteiger partial charge in [0.1, 0.15) is 6.04 Å². The van der Waals surface area contributed by atoms with E-state index in [1.54, 1.807) is 24.3 Å². The molecule has 7 heteroatoms. The van der Waals surface area contributed by atoms with E-state index in [9.17, 15) is 14.4 Å². The van der Waals surface area contributed by atoms with Crippen molar-refractivity contribution in [2.75, 3.05) is 16.9 Å². The van der Waals surface area contributed by atoms with Gasteiger partial charge >= 0.3 is 5.97 Å². The van der Waals surface area contributed by atoms with Gasteiger partial charge in [-0.3, -0.25) is 9.59 Å². The van der Waals surface area contributed by atoms with Gasteiger partial charge < -0.3 is 15.3 Å². The highest BCUT2D eigenvalue weighted by Crippen LogP contribution is 2.24. The number of carbonyl (C=O) groups excluding carboxylic acids is 2. The van der Waals surface area contributed by atoms with Crippen LogP contribution in [0.15, 0.2) is 24.3 Å². The molecule has 1 fully saturated rings. The summed E-state index contributed by atoms with van der Waals surface area (Å²) in [6, 6.07) is 5.68. The maximum absolute atomic E-state index is 12.3. The van der Waals surface area contributed by atoms with Crippen LogP contribution in [0, 0.1) is 0 Å². The number of rotatable bonds is 3. The maximum Gasteiger partial charge on any atom is 0.327 e. The smallest absolute Gasteiger partial charge is 0.327 e. The van der Waals surface area contributed by atoms with Gasteiger partial charge in [0.25, 0.3) is 5.91 Å². The molecule has 2 amide bonds. The summed E-state index contributed by atoms with van der Waals surface area (Å²) in [5.74, 6) is -0.808. The standard InChI is InChI=1S/C13H14N2O4S/c1-8(16)14-10-4-2-3-9(5-10)12(17)15-7-20-6-11(15)13(18)19/h2-5,11H,6-7H2,1H3,(H,14,16)(H,18,19). The molecule has 0 saturated carbocycles. The third kappa shape index (κ3) is 3.11. The van der Waals surface area contributed by atoms with Crippen LogP contribution in [0.4, 0.5) is 5.69 Å². The van der Waals surface area contributed by atoms with Crippen LogP contribution >= 0.6 is 11.8 Å². The molecule has 1 saturated heterocycles. The van der Waals surface area contributed by atoms with Crippen molar-refractivity contribution in [3.63, 3.8) is 0 Å². The van der Waals surface area contributed by atoms with E-state index in [1.165, 1.54) is 23.6 Å². The van der Waals surface area contributed by atoms with Crippen LogP contribution in [0.3, 0.4) is 0 Å². The summed E-state index contributed by atoms with van der Waals surface area (Å²) in [5, 5.41) is 11.7. The molecule has 1 heterocycles. The fourth-order valence-corrected chi connectivity index (χ4v) is 3.09. The van der Waals surface area contributed by atoms with Gasteiger partial charge in [-0.05, 0) is 18.2 Å². The molecule has 1 aliphatic rings. The second-order valence-electron chi connectivity index (χ2n) is 4.39. The SMILES string of the molecule is CC(=O)Nc1cccc(C(=O)N2CSCC2C(=O)O)c1. The monoisotopic (exact) mass is 294 g/mol. The van der Waals surface area contributed by atoms with Crippen LogP contribution in [-0.4, -0.2) is 45.5 Å². The highest BCUT2D eigenvalue weighted by Gasteiger charge is 2.34. The summed E-state index contributed by atoms with van der Waals surface area (Å²) in [4.78, 5) is 35.8. The molecule has 106 valence electrons. The normalized spacial score (nSPS) is 17.9. The van der Waals surface area contributed by atoms with Gasteiger partial charge in [-0.2, -0.15) is 0 Å². The first kappa shape index (κ1) is 14.4. The van der Waals surface area contributed by atoms with Gasteiger partial charge in [0.2, 0.25) is 5.91 Å². The van der Waals surface area contributed by atoms with Crippen LogP contribution in [0.2, 0.25) is 0 Å².